The van der Waals surface area contributed by atoms with Crippen molar-refractivity contribution in [3.8, 4) is 11.5 Å². The van der Waals surface area contributed by atoms with Gasteiger partial charge in [0, 0.05) is 13.0 Å². The van der Waals surface area contributed by atoms with E-state index in [1.54, 1.807) is 56.3 Å². The third-order valence-electron chi connectivity index (χ3n) is 5.27. The van der Waals surface area contributed by atoms with Gasteiger partial charge in [0.1, 0.15) is 0 Å². The van der Waals surface area contributed by atoms with E-state index < -0.39 is 11.6 Å². The van der Waals surface area contributed by atoms with E-state index in [1.165, 1.54) is 7.11 Å². The Kier molecular flexibility index (Phi) is 10.3. The van der Waals surface area contributed by atoms with Crippen molar-refractivity contribution in [3.63, 3.8) is 0 Å². The summed E-state index contributed by atoms with van der Waals surface area (Å²) in [6.07, 6.45) is 7.67. The molecule has 184 valence electrons. The molecular formula is C28H37NO5. The summed E-state index contributed by atoms with van der Waals surface area (Å²) in [6.45, 7) is 7.89. The number of benzene rings is 2. The van der Waals surface area contributed by atoms with Gasteiger partial charge in [-0.3, -0.25) is 4.79 Å². The van der Waals surface area contributed by atoms with Crippen LogP contribution in [0.5, 0.6) is 11.5 Å². The van der Waals surface area contributed by atoms with Crippen molar-refractivity contribution < 1.29 is 24.2 Å². The van der Waals surface area contributed by atoms with Crippen LogP contribution in [0.4, 0.5) is 0 Å². The van der Waals surface area contributed by atoms with Crippen LogP contribution in [0.2, 0.25) is 0 Å². The molecule has 0 atom stereocenters. The van der Waals surface area contributed by atoms with E-state index in [0.29, 0.717) is 30.2 Å². The minimum Gasteiger partial charge on any atom is -0.493 e. The number of amides is 1. The fourth-order valence-corrected chi connectivity index (χ4v) is 3.46. The second-order valence-corrected chi connectivity index (χ2v) is 9.17. The van der Waals surface area contributed by atoms with Crippen LogP contribution in [-0.2, 0) is 16.9 Å². The van der Waals surface area contributed by atoms with Gasteiger partial charge in [0.05, 0.1) is 18.3 Å². The minimum absolute atomic E-state index is 0.00513. The number of unbranched alkanes of at least 4 members (excludes halogenated alkanes) is 2. The molecule has 2 N–H and O–H groups in total. The predicted molar refractivity (Wildman–Crippen MR) is 134 cm³/mol. The van der Waals surface area contributed by atoms with Crippen molar-refractivity contribution in [1.82, 2.24) is 5.32 Å². The molecule has 6 heteroatoms. The number of carbonyl (C=O) groups excluding carboxylic acids is 2. The number of methoxy groups -OCH3 is 1. The second-order valence-electron chi connectivity index (χ2n) is 9.17. The quantitative estimate of drug-likeness (QED) is 0.186. The molecule has 0 aromatic heterocycles. The zero-order chi connectivity index (χ0) is 25.1. The molecule has 6 nitrogen and oxygen atoms in total. The van der Waals surface area contributed by atoms with Crippen molar-refractivity contribution in [2.24, 2.45) is 5.92 Å². The van der Waals surface area contributed by atoms with Crippen molar-refractivity contribution in [1.29, 1.82) is 0 Å². The lowest BCUT2D eigenvalue weighted by atomic mass is 9.93. The first kappa shape index (κ1) is 27.1. The summed E-state index contributed by atoms with van der Waals surface area (Å²) in [5.41, 5.74) is 0.413. The molecule has 0 spiro atoms. The molecule has 0 saturated carbocycles. The third kappa shape index (κ3) is 8.67. The molecule has 2 rings (SSSR count). The summed E-state index contributed by atoms with van der Waals surface area (Å²) in [5.74, 6) is 0.630. The normalized spacial score (nSPS) is 11.6. The molecular weight excluding hydrogens is 430 g/mol. The smallest absolute Gasteiger partial charge is 0.344 e. The Morgan fingerprint density at radius 3 is 2.50 bits per heavy atom. The van der Waals surface area contributed by atoms with Crippen molar-refractivity contribution in [2.45, 2.75) is 65.5 Å². The average Bonchev–Trinajstić information content (AvgIpc) is 2.79. The number of hydrogen-bond donors (Lipinski definition) is 2. The lowest BCUT2D eigenvalue weighted by Gasteiger charge is -2.21. The van der Waals surface area contributed by atoms with Gasteiger partial charge >= 0.3 is 5.97 Å². The summed E-state index contributed by atoms with van der Waals surface area (Å²) < 4.78 is 11.0. The lowest BCUT2D eigenvalue weighted by molar-refractivity contribution is -0.121. The highest BCUT2D eigenvalue weighted by Crippen LogP contribution is 2.30. The molecule has 0 bridgehead atoms. The van der Waals surface area contributed by atoms with E-state index in [0.717, 1.165) is 24.8 Å². The monoisotopic (exact) mass is 467 g/mol. The largest absolute Gasteiger partial charge is 0.493 e. The van der Waals surface area contributed by atoms with Gasteiger partial charge < -0.3 is 19.9 Å². The zero-order valence-electron chi connectivity index (χ0n) is 20.9. The Morgan fingerprint density at radius 1 is 1.09 bits per heavy atom. The van der Waals surface area contributed by atoms with Gasteiger partial charge in [-0.25, -0.2) is 4.79 Å². The number of hydrogen-bond acceptors (Lipinski definition) is 5. The van der Waals surface area contributed by atoms with Gasteiger partial charge in [-0.15, -0.1) is 0 Å². The van der Waals surface area contributed by atoms with Gasteiger partial charge in [0.25, 0.3) is 0 Å². The summed E-state index contributed by atoms with van der Waals surface area (Å²) in [7, 11) is 1.49. The number of esters is 1. The third-order valence-corrected chi connectivity index (χ3v) is 5.27. The van der Waals surface area contributed by atoms with Crippen molar-refractivity contribution >= 4 is 11.9 Å². The van der Waals surface area contributed by atoms with Gasteiger partial charge in [-0.05, 0) is 68.4 Å². The van der Waals surface area contributed by atoms with Crippen molar-refractivity contribution in [3.05, 3.63) is 71.3 Å². The van der Waals surface area contributed by atoms with Crippen LogP contribution in [-0.4, -0.2) is 24.1 Å². The Hall–Kier alpha value is -3.12. The van der Waals surface area contributed by atoms with E-state index in [2.05, 4.69) is 31.3 Å². The Labute approximate surface area is 203 Å². The molecule has 0 saturated heterocycles. The first-order chi connectivity index (χ1) is 16.1. The van der Waals surface area contributed by atoms with Crippen LogP contribution >= 0.6 is 0 Å². The maximum atomic E-state index is 12.8. The molecule has 0 aliphatic carbocycles. The van der Waals surface area contributed by atoms with E-state index in [-0.39, 0.29) is 17.2 Å². The molecule has 1 amide bonds. The first-order valence-electron chi connectivity index (χ1n) is 11.8. The Bertz CT molecular complexity index is 989. The molecule has 0 aliphatic rings. The molecule has 0 unspecified atom stereocenters. The maximum Gasteiger partial charge on any atom is 0.344 e. The lowest BCUT2D eigenvalue weighted by Crippen LogP contribution is -2.22. The van der Waals surface area contributed by atoms with Crippen LogP contribution in [0.1, 0.15) is 74.9 Å². The van der Waals surface area contributed by atoms with Crippen LogP contribution in [0.3, 0.4) is 0 Å². The Morgan fingerprint density at radius 2 is 1.82 bits per heavy atom. The summed E-state index contributed by atoms with van der Waals surface area (Å²) in [5, 5.41) is 13.3. The molecule has 34 heavy (non-hydrogen) atoms. The standard InChI is InChI=1S/C28H37NO5/c1-20(2)12-8-6-7-9-15-26(30)29-19-21-16-17-24(25(18-21)33-5)34-27(31)22-13-10-11-14-23(22)28(3,4)32/h8,10-14,16-18,20,32H,6-7,9,15,19H2,1-5H3,(H,29,30)/b12-8+. The SMILES string of the molecule is COc1cc(CNC(=O)CCCC/C=C/C(C)C)ccc1OC(=O)c1ccccc1C(C)(C)O. The zero-order valence-corrected chi connectivity index (χ0v) is 20.9. The Balaban J connectivity index is 1.94. The van der Waals surface area contributed by atoms with E-state index >= 15 is 0 Å². The topological polar surface area (TPSA) is 84.9 Å². The van der Waals surface area contributed by atoms with E-state index in [4.69, 9.17) is 9.47 Å². The minimum atomic E-state index is -1.19. The van der Waals surface area contributed by atoms with Crippen LogP contribution in [0.25, 0.3) is 0 Å². The maximum absolute atomic E-state index is 12.8. The molecule has 0 aliphatic heterocycles. The summed E-state index contributed by atoms with van der Waals surface area (Å²) in [6, 6.07) is 12.0. The highest BCUT2D eigenvalue weighted by atomic mass is 16.6. The fourth-order valence-electron chi connectivity index (χ4n) is 3.46. The van der Waals surface area contributed by atoms with Gasteiger partial charge in [0.15, 0.2) is 11.5 Å². The molecule has 0 radical (unpaired) electrons. The summed E-state index contributed by atoms with van der Waals surface area (Å²) >= 11 is 0. The van der Waals surface area contributed by atoms with Gasteiger partial charge in [-0.2, -0.15) is 0 Å². The highest BCUT2D eigenvalue weighted by Gasteiger charge is 2.24. The number of allylic oxidation sites excluding steroid dienone is 2. The van der Waals surface area contributed by atoms with Crippen LogP contribution in [0.15, 0.2) is 54.6 Å². The van der Waals surface area contributed by atoms with Crippen LogP contribution < -0.4 is 14.8 Å². The van der Waals surface area contributed by atoms with Crippen LogP contribution in [0, 0.1) is 5.92 Å². The number of nitrogens with one attached hydrogen (secondary N) is 1. The predicted octanol–water partition coefficient (Wildman–Crippen LogP) is 5.53. The summed E-state index contributed by atoms with van der Waals surface area (Å²) in [4.78, 5) is 24.9. The highest BCUT2D eigenvalue weighted by molar-refractivity contribution is 5.93. The average molecular weight is 468 g/mol. The second kappa shape index (κ2) is 12.9. The van der Waals surface area contributed by atoms with Gasteiger partial charge in [0.2, 0.25) is 5.91 Å². The number of aliphatic hydroxyl groups is 1. The van der Waals surface area contributed by atoms with Gasteiger partial charge in [-0.1, -0.05) is 50.3 Å². The fraction of sp³-hybridized carbons (Fsp3) is 0.429. The number of carbonyl (C=O) groups is 2. The first-order valence-corrected chi connectivity index (χ1v) is 11.8. The number of rotatable bonds is 12. The molecule has 0 fully saturated rings. The number of ether oxygens (including phenoxy) is 2. The molecule has 0 heterocycles. The van der Waals surface area contributed by atoms with E-state index in [9.17, 15) is 14.7 Å². The molecule has 2 aromatic carbocycles. The molecule has 2 aromatic rings. The van der Waals surface area contributed by atoms with Crippen molar-refractivity contribution in [2.75, 3.05) is 7.11 Å². The van der Waals surface area contributed by atoms with E-state index in [1.807, 2.05) is 0 Å².